The quantitative estimate of drug-likeness (QED) is 0.915. The first-order chi connectivity index (χ1) is 11.5. The Hall–Kier alpha value is -1.69. The minimum absolute atomic E-state index is 0.0676. The van der Waals surface area contributed by atoms with E-state index in [1.54, 1.807) is 10.9 Å². The number of benzene rings is 1. The molecule has 24 heavy (non-hydrogen) atoms. The van der Waals surface area contributed by atoms with Crippen LogP contribution in [-0.2, 0) is 11.3 Å². The molecule has 0 spiro atoms. The van der Waals surface area contributed by atoms with E-state index in [2.05, 4.69) is 49.0 Å². The monoisotopic (exact) mass is 329 g/mol. The van der Waals surface area contributed by atoms with E-state index < -0.39 is 6.10 Å². The van der Waals surface area contributed by atoms with E-state index in [4.69, 9.17) is 4.74 Å². The van der Waals surface area contributed by atoms with E-state index in [-0.39, 0.29) is 6.10 Å². The molecule has 2 heterocycles. The van der Waals surface area contributed by atoms with Gasteiger partial charge in [0.2, 0.25) is 0 Å². The highest BCUT2D eigenvalue weighted by molar-refractivity contribution is 5.32. The molecule has 1 N–H and O–H groups in total. The lowest BCUT2D eigenvalue weighted by Gasteiger charge is -2.39. The Morgan fingerprint density at radius 2 is 2.17 bits per heavy atom. The zero-order valence-electron chi connectivity index (χ0n) is 14.7. The highest BCUT2D eigenvalue weighted by Crippen LogP contribution is 2.28. The van der Waals surface area contributed by atoms with Crippen LogP contribution in [0.15, 0.2) is 36.7 Å². The van der Waals surface area contributed by atoms with Gasteiger partial charge in [0.25, 0.3) is 0 Å². The van der Waals surface area contributed by atoms with Crippen molar-refractivity contribution in [2.45, 2.75) is 45.6 Å². The number of nitrogens with zero attached hydrogens (tertiary/aromatic N) is 3. The molecule has 5 nitrogen and oxygen atoms in total. The third kappa shape index (κ3) is 4.04. The summed E-state index contributed by atoms with van der Waals surface area (Å²) in [5.41, 5.74) is 3.77. The van der Waals surface area contributed by atoms with Gasteiger partial charge in [0, 0.05) is 31.5 Å². The van der Waals surface area contributed by atoms with E-state index in [1.807, 2.05) is 12.3 Å². The van der Waals surface area contributed by atoms with Gasteiger partial charge < -0.3 is 9.84 Å². The van der Waals surface area contributed by atoms with E-state index >= 15 is 0 Å². The fraction of sp³-hybridized carbons (Fsp3) is 0.526. The zero-order valence-corrected chi connectivity index (χ0v) is 14.7. The second-order valence-corrected chi connectivity index (χ2v) is 6.87. The van der Waals surface area contributed by atoms with Crippen LogP contribution in [0, 0.1) is 13.8 Å². The average molecular weight is 329 g/mol. The van der Waals surface area contributed by atoms with Crippen molar-refractivity contribution in [2.24, 2.45) is 0 Å². The van der Waals surface area contributed by atoms with Gasteiger partial charge in [0.15, 0.2) is 0 Å². The van der Waals surface area contributed by atoms with Crippen LogP contribution < -0.4 is 0 Å². The van der Waals surface area contributed by atoms with Crippen LogP contribution in [0.3, 0.4) is 0 Å². The lowest BCUT2D eigenvalue weighted by Crippen LogP contribution is -2.48. The van der Waals surface area contributed by atoms with Gasteiger partial charge in [-0.3, -0.25) is 9.58 Å². The minimum atomic E-state index is -0.440. The van der Waals surface area contributed by atoms with Crippen LogP contribution in [0.1, 0.15) is 29.7 Å². The number of hydrogen-bond donors (Lipinski definition) is 1. The molecular weight excluding hydrogens is 302 g/mol. The second kappa shape index (κ2) is 7.47. The number of morpholine rings is 1. The molecule has 2 aromatic rings. The predicted molar refractivity (Wildman–Crippen MR) is 93.9 cm³/mol. The predicted octanol–water partition coefficient (Wildman–Crippen LogP) is 2.32. The first-order valence-corrected chi connectivity index (χ1v) is 8.61. The molecule has 1 fully saturated rings. The molecule has 3 rings (SSSR count). The van der Waals surface area contributed by atoms with Crippen molar-refractivity contribution in [1.29, 1.82) is 0 Å². The number of ether oxygens (including phenoxy) is 1. The number of aromatic nitrogens is 2. The summed E-state index contributed by atoms with van der Waals surface area (Å²) in [5, 5.41) is 14.6. The number of β-amino-alcohol motifs (C(OH)–C–C–N with tert-alkyl or cyclic N) is 1. The Morgan fingerprint density at radius 1 is 1.33 bits per heavy atom. The zero-order chi connectivity index (χ0) is 17.1. The van der Waals surface area contributed by atoms with Crippen LogP contribution in [0.2, 0.25) is 0 Å². The van der Waals surface area contributed by atoms with Crippen LogP contribution in [0.5, 0.6) is 0 Å². The van der Waals surface area contributed by atoms with Crippen LogP contribution >= 0.6 is 0 Å². The molecule has 1 aliphatic heterocycles. The summed E-state index contributed by atoms with van der Waals surface area (Å²) in [7, 11) is 0. The van der Waals surface area contributed by atoms with Gasteiger partial charge in [-0.1, -0.05) is 23.8 Å². The van der Waals surface area contributed by atoms with Gasteiger partial charge >= 0.3 is 0 Å². The Balaban J connectivity index is 1.65. The molecule has 0 amide bonds. The Morgan fingerprint density at radius 3 is 2.92 bits per heavy atom. The van der Waals surface area contributed by atoms with Gasteiger partial charge in [-0.05, 0) is 38.0 Å². The Bertz CT molecular complexity index is 657. The van der Waals surface area contributed by atoms with Crippen molar-refractivity contribution in [1.82, 2.24) is 14.7 Å². The number of aliphatic hydroxyl groups excluding tert-OH is 1. The van der Waals surface area contributed by atoms with Crippen LogP contribution in [-0.4, -0.2) is 51.6 Å². The molecule has 0 aliphatic carbocycles. The topological polar surface area (TPSA) is 50.5 Å². The number of aliphatic hydroxyl groups is 1. The summed E-state index contributed by atoms with van der Waals surface area (Å²) < 4.78 is 7.86. The Kier molecular flexibility index (Phi) is 5.33. The summed E-state index contributed by atoms with van der Waals surface area (Å²) in [6, 6.07) is 8.69. The molecule has 1 saturated heterocycles. The third-order valence-corrected chi connectivity index (χ3v) is 4.75. The van der Waals surface area contributed by atoms with E-state index in [9.17, 15) is 5.11 Å². The van der Waals surface area contributed by atoms with Crippen molar-refractivity contribution >= 4 is 0 Å². The van der Waals surface area contributed by atoms with Gasteiger partial charge in [-0.2, -0.15) is 5.10 Å². The summed E-state index contributed by atoms with van der Waals surface area (Å²) >= 11 is 0. The maximum absolute atomic E-state index is 10.4. The van der Waals surface area contributed by atoms with Gasteiger partial charge in [0.05, 0.1) is 25.4 Å². The highest BCUT2D eigenvalue weighted by atomic mass is 16.5. The van der Waals surface area contributed by atoms with Crippen molar-refractivity contribution in [3.05, 3.63) is 53.3 Å². The summed E-state index contributed by atoms with van der Waals surface area (Å²) in [4.78, 5) is 2.32. The molecule has 1 aliphatic rings. The molecule has 5 heteroatoms. The number of hydrogen-bond acceptors (Lipinski definition) is 4. The SMILES string of the molecule is Cc1ccc(C)c([C@@H]2CN(C[C@@H](O)Cn3cccn3)[C@@H](C)CO2)c1. The van der Waals surface area contributed by atoms with Crippen LogP contribution in [0.4, 0.5) is 0 Å². The molecular formula is C19H27N3O2. The first kappa shape index (κ1) is 17.1. The standard InChI is InChI=1S/C19H27N3O2/c1-14-5-6-15(2)18(9-14)19-12-21(16(3)13-24-19)10-17(23)11-22-8-4-7-20-22/h4-9,16-17,19,23H,10-13H2,1-3H3/t16-,17+,19-/m0/s1. The van der Waals surface area contributed by atoms with E-state index in [0.29, 0.717) is 25.7 Å². The normalized spacial score (nSPS) is 23.3. The molecule has 1 aromatic carbocycles. The molecule has 1 aromatic heterocycles. The molecule has 130 valence electrons. The second-order valence-electron chi connectivity index (χ2n) is 6.87. The lowest BCUT2D eigenvalue weighted by atomic mass is 9.98. The molecule has 0 bridgehead atoms. The van der Waals surface area contributed by atoms with Gasteiger partial charge in [-0.25, -0.2) is 0 Å². The third-order valence-electron chi connectivity index (χ3n) is 4.75. The largest absolute Gasteiger partial charge is 0.390 e. The fourth-order valence-electron chi connectivity index (χ4n) is 3.31. The Labute approximate surface area is 143 Å². The maximum atomic E-state index is 10.4. The number of rotatable bonds is 5. The summed E-state index contributed by atoms with van der Waals surface area (Å²) in [6.07, 6.45) is 3.24. The van der Waals surface area contributed by atoms with E-state index in [1.165, 1.54) is 16.7 Å². The molecule has 0 saturated carbocycles. The van der Waals surface area contributed by atoms with Crippen molar-refractivity contribution in [3.8, 4) is 0 Å². The highest BCUT2D eigenvalue weighted by Gasteiger charge is 2.29. The molecule has 3 atom stereocenters. The lowest BCUT2D eigenvalue weighted by molar-refractivity contribution is -0.0728. The first-order valence-electron chi connectivity index (χ1n) is 8.61. The van der Waals surface area contributed by atoms with Crippen molar-refractivity contribution in [2.75, 3.05) is 19.7 Å². The van der Waals surface area contributed by atoms with Crippen molar-refractivity contribution < 1.29 is 9.84 Å². The van der Waals surface area contributed by atoms with Crippen molar-refractivity contribution in [3.63, 3.8) is 0 Å². The van der Waals surface area contributed by atoms with Gasteiger partial charge in [-0.15, -0.1) is 0 Å². The van der Waals surface area contributed by atoms with Gasteiger partial charge in [0.1, 0.15) is 0 Å². The molecule has 0 radical (unpaired) electrons. The molecule has 0 unspecified atom stereocenters. The summed E-state index contributed by atoms with van der Waals surface area (Å²) in [5.74, 6) is 0. The average Bonchev–Trinajstić information content (AvgIpc) is 3.05. The summed E-state index contributed by atoms with van der Waals surface area (Å²) in [6.45, 7) is 9.04. The fourth-order valence-corrected chi connectivity index (χ4v) is 3.31. The minimum Gasteiger partial charge on any atom is -0.390 e. The van der Waals surface area contributed by atoms with Crippen LogP contribution in [0.25, 0.3) is 0 Å². The number of aryl methyl sites for hydroxylation is 2. The maximum Gasteiger partial charge on any atom is 0.0955 e. The van der Waals surface area contributed by atoms with E-state index in [0.717, 1.165) is 6.54 Å². The smallest absolute Gasteiger partial charge is 0.0955 e.